The first-order valence-corrected chi connectivity index (χ1v) is 17.6. The van der Waals surface area contributed by atoms with Crippen LogP contribution in [0.25, 0.3) is 0 Å². The van der Waals surface area contributed by atoms with E-state index >= 15 is 0 Å². The number of carbonyl (C=O) groups is 2. The van der Waals surface area contributed by atoms with Gasteiger partial charge in [-0.1, -0.05) is 78.7 Å². The predicted molar refractivity (Wildman–Crippen MR) is 189 cm³/mol. The second kappa shape index (κ2) is 16.7. The maximum absolute atomic E-state index is 14.7. The van der Waals surface area contributed by atoms with E-state index in [1.54, 1.807) is 42.5 Å². The van der Waals surface area contributed by atoms with Crippen LogP contribution < -0.4 is 19.1 Å². The van der Waals surface area contributed by atoms with E-state index in [9.17, 15) is 18.0 Å². The molecule has 0 spiro atoms. The van der Waals surface area contributed by atoms with Crippen LogP contribution in [-0.4, -0.2) is 58.0 Å². The Morgan fingerprint density at radius 2 is 1.54 bits per heavy atom. The molecular formula is C36H39Cl2N3O6S. The van der Waals surface area contributed by atoms with Gasteiger partial charge >= 0.3 is 0 Å². The molecule has 12 heteroatoms. The van der Waals surface area contributed by atoms with Crippen LogP contribution in [0.5, 0.6) is 11.5 Å². The van der Waals surface area contributed by atoms with Crippen molar-refractivity contribution in [3.63, 3.8) is 0 Å². The van der Waals surface area contributed by atoms with Crippen LogP contribution in [0.4, 0.5) is 5.69 Å². The Balaban J connectivity index is 1.85. The van der Waals surface area contributed by atoms with Crippen LogP contribution in [0.1, 0.15) is 31.4 Å². The van der Waals surface area contributed by atoms with Gasteiger partial charge in [0.25, 0.3) is 10.0 Å². The van der Waals surface area contributed by atoms with Crippen molar-refractivity contribution in [2.75, 3.05) is 25.1 Å². The minimum Gasteiger partial charge on any atom is -0.497 e. The minimum absolute atomic E-state index is 0.0651. The van der Waals surface area contributed by atoms with E-state index in [-0.39, 0.29) is 41.2 Å². The van der Waals surface area contributed by atoms with Gasteiger partial charge in [-0.25, -0.2) is 8.42 Å². The zero-order valence-electron chi connectivity index (χ0n) is 27.2. The quantitative estimate of drug-likeness (QED) is 0.146. The lowest BCUT2D eigenvalue weighted by molar-refractivity contribution is -0.140. The summed E-state index contributed by atoms with van der Waals surface area (Å²) in [7, 11) is -1.45. The van der Waals surface area contributed by atoms with E-state index in [0.29, 0.717) is 27.8 Å². The van der Waals surface area contributed by atoms with Crippen molar-refractivity contribution >= 4 is 50.7 Å². The number of amides is 2. The Morgan fingerprint density at radius 3 is 2.17 bits per heavy atom. The lowest BCUT2D eigenvalue weighted by Crippen LogP contribution is -2.54. The fourth-order valence-corrected chi connectivity index (χ4v) is 6.95. The molecule has 48 heavy (non-hydrogen) atoms. The van der Waals surface area contributed by atoms with Crippen molar-refractivity contribution < 1.29 is 27.5 Å². The number of nitrogens with one attached hydrogen (secondary N) is 1. The highest BCUT2D eigenvalue weighted by Gasteiger charge is 2.36. The van der Waals surface area contributed by atoms with Crippen molar-refractivity contribution in [1.29, 1.82) is 0 Å². The predicted octanol–water partition coefficient (Wildman–Crippen LogP) is 6.76. The summed E-state index contributed by atoms with van der Waals surface area (Å²) in [6.07, 6.45) is 0.836. The van der Waals surface area contributed by atoms with E-state index in [2.05, 4.69) is 5.32 Å². The van der Waals surface area contributed by atoms with Gasteiger partial charge in [-0.15, -0.1) is 0 Å². The van der Waals surface area contributed by atoms with Crippen LogP contribution in [-0.2, 0) is 32.6 Å². The Morgan fingerprint density at radius 1 is 0.875 bits per heavy atom. The summed E-state index contributed by atoms with van der Waals surface area (Å²) in [6, 6.07) is 25.4. The van der Waals surface area contributed by atoms with Gasteiger partial charge in [0.05, 0.1) is 24.8 Å². The maximum atomic E-state index is 14.7. The number of hydrogen-bond donors (Lipinski definition) is 1. The second-order valence-corrected chi connectivity index (χ2v) is 13.8. The fraction of sp³-hybridized carbons (Fsp3) is 0.278. The average Bonchev–Trinajstić information content (AvgIpc) is 3.09. The third-order valence-electron chi connectivity index (χ3n) is 7.91. The molecule has 0 unspecified atom stereocenters. The average molecular weight is 713 g/mol. The van der Waals surface area contributed by atoms with Gasteiger partial charge in [-0.05, 0) is 73.0 Å². The summed E-state index contributed by atoms with van der Waals surface area (Å²) in [4.78, 5) is 30.0. The van der Waals surface area contributed by atoms with E-state index < -0.39 is 28.5 Å². The number of nitrogens with zero attached hydrogens (tertiary/aromatic N) is 2. The van der Waals surface area contributed by atoms with Crippen molar-refractivity contribution in [2.45, 2.75) is 50.2 Å². The van der Waals surface area contributed by atoms with Crippen LogP contribution >= 0.6 is 23.2 Å². The molecule has 9 nitrogen and oxygen atoms in total. The Labute approximate surface area is 292 Å². The molecular weight excluding hydrogens is 673 g/mol. The molecule has 0 heterocycles. The number of carbonyl (C=O) groups excluding carboxylic acids is 2. The molecule has 0 aliphatic carbocycles. The largest absolute Gasteiger partial charge is 0.497 e. The molecule has 254 valence electrons. The fourth-order valence-electron chi connectivity index (χ4n) is 5.05. The molecule has 2 amide bonds. The number of para-hydroxylation sites is 2. The highest BCUT2D eigenvalue weighted by Crippen LogP contribution is 2.33. The van der Waals surface area contributed by atoms with E-state index in [0.717, 1.165) is 9.87 Å². The van der Waals surface area contributed by atoms with Crippen LogP contribution in [0.2, 0.25) is 10.0 Å². The highest BCUT2D eigenvalue weighted by atomic mass is 35.5. The molecule has 1 N–H and O–H groups in total. The second-order valence-electron chi connectivity index (χ2n) is 11.1. The number of hydrogen-bond acceptors (Lipinski definition) is 6. The summed E-state index contributed by atoms with van der Waals surface area (Å²) in [5, 5.41) is 3.72. The molecule has 0 saturated carbocycles. The zero-order valence-corrected chi connectivity index (χ0v) is 29.6. The SMILES string of the molecule is CC[C@@H](C)NC(=O)[C@H](Cc1ccccc1)N(Cc1ccc(Cl)cc1Cl)C(=O)CN(c1ccccc1OC)S(=O)(=O)c1ccc(OC)cc1. The number of methoxy groups -OCH3 is 2. The third-order valence-corrected chi connectivity index (χ3v) is 10.3. The van der Waals surface area contributed by atoms with Crippen LogP contribution in [0.15, 0.2) is 102 Å². The van der Waals surface area contributed by atoms with E-state index in [1.165, 1.54) is 43.4 Å². The summed E-state index contributed by atoms with van der Waals surface area (Å²) in [5.41, 5.74) is 1.50. The van der Waals surface area contributed by atoms with Gasteiger partial charge in [0.1, 0.15) is 24.1 Å². The normalized spacial score (nSPS) is 12.5. The van der Waals surface area contributed by atoms with Gasteiger partial charge in [0.2, 0.25) is 11.8 Å². The van der Waals surface area contributed by atoms with E-state index in [4.69, 9.17) is 32.7 Å². The molecule has 0 aromatic heterocycles. The third kappa shape index (κ3) is 9.00. The molecule has 2 atom stereocenters. The number of rotatable bonds is 15. The van der Waals surface area contributed by atoms with Gasteiger partial charge in [-0.3, -0.25) is 13.9 Å². The number of halogens is 2. The lowest BCUT2D eigenvalue weighted by atomic mass is 10.0. The summed E-state index contributed by atoms with van der Waals surface area (Å²) >= 11 is 12.8. The number of benzene rings is 4. The maximum Gasteiger partial charge on any atom is 0.264 e. The van der Waals surface area contributed by atoms with Crippen LogP contribution in [0, 0.1) is 0 Å². The van der Waals surface area contributed by atoms with Crippen molar-refractivity contribution in [3.8, 4) is 11.5 Å². The zero-order chi connectivity index (χ0) is 34.8. The van der Waals surface area contributed by atoms with Crippen LogP contribution in [0.3, 0.4) is 0 Å². The van der Waals surface area contributed by atoms with Gasteiger partial charge in [0, 0.05) is 29.1 Å². The summed E-state index contributed by atoms with van der Waals surface area (Å²) < 4.78 is 40.4. The lowest BCUT2D eigenvalue weighted by Gasteiger charge is -2.34. The molecule has 4 aromatic carbocycles. The Bertz CT molecular complexity index is 1810. The first kappa shape index (κ1) is 36.6. The standard InChI is InChI=1S/C36H39Cl2N3O6S/c1-5-25(2)39-36(43)33(21-26-11-7-6-8-12-26)40(23-27-15-16-28(37)22-31(27)38)35(42)24-41(32-13-9-10-14-34(32)47-4)48(44,45)30-19-17-29(46-3)18-20-30/h6-20,22,25,33H,5,21,23-24H2,1-4H3,(H,39,43)/t25-,33+/m1/s1. The first-order chi connectivity index (χ1) is 23.0. The van der Waals surface area contributed by atoms with Crippen molar-refractivity contribution in [2.24, 2.45) is 0 Å². The van der Waals surface area contributed by atoms with Crippen molar-refractivity contribution in [1.82, 2.24) is 10.2 Å². The number of sulfonamides is 1. The highest BCUT2D eigenvalue weighted by molar-refractivity contribution is 7.92. The smallest absolute Gasteiger partial charge is 0.264 e. The van der Waals surface area contributed by atoms with Gasteiger partial charge in [-0.2, -0.15) is 0 Å². The molecule has 4 rings (SSSR count). The topological polar surface area (TPSA) is 105 Å². The molecule has 0 radical (unpaired) electrons. The number of ether oxygens (including phenoxy) is 2. The molecule has 0 bridgehead atoms. The molecule has 0 fully saturated rings. The van der Waals surface area contributed by atoms with Gasteiger partial charge in [0.15, 0.2) is 0 Å². The first-order valence-electron chi connectivity index (χ1n) is 15.4. The van der Waals surface area contributed by atoms with Crippen molar-refractivity contribution in [3.05, 3.63) is 118 Å². The molecule has 0 aliphatic rings. The molecule has 4 aromatic rings. The Hall–Kier alpha value is -4.25. The Kier molecular flexibility index (Phi) is 12.7. The monoisotopic (exact) mass is 711 g/mol. The van der Waals surface area contributed by atoms with Gasteiger partial charge < -0.3 is 19.7 Å². The minimum atomic E-state index is -4.35. The summed E-state index contributed by atoms with van der Waals surface area (Å²) in [5.74, 6) is -0.307. The van der Waals surface area contributed by atoms with E-state index in [1.807, 2.05) is 44.2 Å². The number of anilines is 1. The molecule has 0 saturated heterocycles. The summed E-state index contributed by atoms with van der Waals surface area (Å²) in [6.45, 7) is 3.08. The molecule has 0 aliphatic heterocycles.